The van der Waals surface area contributed by atoms with E-state index in [2.05, 4.69) is 21.3 Å². The molecule has 1 aliphatic heterocycles. The number of likely N-dealkylation sites (N-methyl/N-ethyl adjacent to an activating group) is 1. The fourth-order valence-corrected chi connectivity index (χ4v) is 6.65. The van der Waals surface area contributed by atoms with Crippen LogP contribution in [0.15, 0.2) is 42.5 Å². The highest BCUT2D eigenvalue weighted by Gasteiger charge is 2.33. The summed E-state index contributed by atoms with van der Waals surface area (Å²) < 4.78 is 12.0. The van der Waals surface area contributed by atoms with Crippen molar-refractivity contribution in [2.75, 3.05) is 46.4 Å². The van der Waals surface area contributed by atoms with Crippen molar-refractivity contribution >= 4 is 40.9 Å². The summed E-state index contributed by atoms with van der Waals surface area (Å²) in [5.41, 5.74) is 14.3. The molecule has 15 nitrogen and oxygen atoms in total. The Morgan fingerprint density at radius 2 is 1.62 bits per heavy atom. The number of ether oxygens (including phenoxy) is 2. The van der Waals surface area contributed by atoms with Crippen LogP contribution in [0.3, 0.4) is 0 Å². The Labute approximate surface area is 306 Å². The van der Waals surface area contributed by atoms with Crippen LogP contribution in [0.25, 0.3) is 11.1 Å². The van der Waals surface area contributed by atoms with Crippen molar-refractivity contribution in [3.63, 3.8) is 0 Å². The first kappa shape index (κ1) is 39.3. The lowest BCUT2D eigenvalue weighted by atomic mass is 9.93. The van der Waals surface area contributed by atoms with E-state index in [1.165, 1.54) is 30.2 Å². The van der Waals surface area contributed by atoms with Gasteiger partial charge < -0.3 is 47.1 Å². The summed E-state index contributed by atoms with van der Waals surface area (Å²) in [6, 6.07) is 10.4. The van der Waals surface area contributed by atoms with Crippen molar-refractivity contribution in [3.05, 3.63) is 68.9 Å². The lowest BCUT2D eigenvalue weighted by molar-refractivity contribution is -0.139. The van der Waals surface area contributed by atoms with E-state index in [1.54, 1.807) is 36.4 Å². The highest BCUT2D eigenvalue weighted by molar-refractivity contribution is 7.14. The Bertz CT molecular complexity index is 1860. The van der Waals surface area contributed by atoms with Crippen LogP contribution in [-0.2, 0) is 25.6 Å². The summed E-state index contributed by atoms with van der Waals surface area (Å²) in [6.45, 7) is 5.24. The Morgan fingerprint density at radius 3 is 2.23 bits per heavy atom. The second kappa shape index (κ2) is 18.1. The maximum atomic E-state index is 14.1. The predicted molar refractivity (Wildman–Crippen MR) is 194 cm³/mol. The molecule has 1 aromatic heterocycles. The summed E-state index contributed by atoms with van der Waals surface area (Å²) in [5, 5.41) is 19.6. The third kappa shape index (κ3) is 9.63. The van der Waals surface area contributed by atoms with Gasteiger partial charge in [-0.15, -0.1) is 11.3 Å². The van der Waals surface area contributed by atoms with Gasteiger partial charge in [-0.05, 0) is 67.8 Å². The molecule has 5 amide bonds. The van der Waals surface area contributed by atoms with Crippen LogP contribution in [-0.4, -0.2) is 93.0 Å². The molecule has 8 N–H and O–H groups in total. The zero-order valence-electron chi connectivity index (χ0n) is 29.5. The van der Waals surface area contributed by atoms with E-state index in [1.807, 2.05) is 26.0 Å². The van der Waals surface area contributed by atoms with E-state index in [-0.39, 0.29) is 39.3 Å². The number of hydrogen-bond donors (Lipinski definition) is 6. The molecular weight excluding hydrogens is 689 g/mol. The van der Waals surface area contributed by atoms with Gasteiger partial charge in [-0.25, -0.2) is 0 Å². The minimum Gasteiger partial charge on any atom is -0.492 e. The average molecular weight is 733 g/mol. The number of nitriles is 1. The number of benzene rings is 2. The number of rotatable bonds is 12. The topological polar surface area (TPSA) is 231 Å². The summed E-state index contributed by atoms with van der Waals surface area (Å²) in [5.74, 6) is -2.14. The third-order valence-electron chi connectivity index (χ3n) is 8.25. The van der Waals surface area contributed by atoms with Crippen molar-refractivity contribution in [1.29, 1.82) is 5.26 Å². The number of aryl methyl sites for hydroxylation is 2. The van der Waals surface area contributed by atoms with Gasteiger partial charge in [0.25, 0.3) is 5.91 Å². The minimum atomic E-state index is -1.29. The summed E-state index contributed by atoms with van der Waals surface area (Å²) in [4.78, 5) is 70.0. The van der Waals surface area contributed by atoms with Gasteiger partial charge in [-0.3, -0.25) is 24.0 Å². The maximum Gasteiger partial charge on any atom is 0.262 e. The Balaban J connectivity index is 1.83. The largest absolute Gasteiger partial charge is 0.492 e. The summed E-state index contributed by atoms with van der Waals surface area (Å²) in [6.07, 6.45) is 0.0304. The van der Waals surface area contributed by atoms with E-state index in [4.69, 9.17) is 26.2 Å². The number of fused-ring (bicyclic) bond motifs is 5. The first-order chi connectivity index (χ1) is 24.9. The average Bonchev–Trinajstić information content (AvgIpc) is 3.47. The molecule has 0 saturated carbocycles. The molecule has 16 heteroatoms. The first-order valence-corrected chi connectivity index (χ1v) is 17.5. The number of nitrogens with zero attached hydrogens (tertiary/aromatic N) is 2. The smallest absolute Gasteiger partial charge is 0.262 e. The van der Waals surface area contributed by atoms with Gasteiger partial charge >= 0.3 is 0 Å². The fraction of sp³-hybridized carbons (Fsp3) is 0.389. The van der Waals surface area contributed by atoms with E-state index in [0.29, 0.717) is 38.6 Å². The van der Waals surface area contributed by atoms with Gasteiger partial charge in [-0.1, -0.05) is 12.1 Å². The Kier molecular flexibility index (Phi) is 13.7. The summed E-state index contributed by atoms with van der Waals surface area (Å²) in [7, 11) is 1.43. The molecular formula is C36H44N8O7S. The van der Waals surface area contributed by atoms with Crippen LogP contribution in [0.2, 0.25) is 0 Å². The number of nitrogens with one attached hydrogen (secondary N) is 4. The molecule has 0 radical (unpaired) electrons. The second-order valence-corrected chi connectivity index (χ2v) is 13.4. The van der Waals surface area contributed by atoms with Gasteiger partial charge in [-0.2, -0.15) is 5.26 Å². The third-order valence-corrected chi connectivity index (χ3v) is 9.40. The zero-order valence-corrected chi connectivity index (χ0v) is 30.4. The van der Waals surface area contributed by atoms with Gasteiger partial charge in [0, 0.05) is 42.6 Å². The molecule has 0 aliphatic carbocycles. The van der Waals surface area contributed by atoms with Crippen molar-refractivity contribution in [3.8, 4) is 28.7 Å². The quantitative estimate of drug-likeness (QED) is 0.144. The standard InChI is InChI=1S/C36H44N8O7S/c1-20-15-21(2)52-32(20)36(49)41-19-30(45)44(4)31-24-6-8-29(51-14-11-39)26(18-24)25-16-23(5-7-28(25)50-13-10-38)17-27(34(47)40-12-9-37)43-33(46)22(3)42-35(31)48/h5-8,15-16,18,22,27,31H,10-14,17,19,38-39H2,1-4H3,(H,40,47)(H,41,49)(H,42,48)(H,43,46)/t22-,27?,31?/m0/s1. The van der Waals surface area contributed by atoms with Gasteiger partial charge in [0.2, 0.25) is 23.6 Å². The van der Waals surface area contributed by atoms with E-state index < -0.39 is 54.2 Å². The molecule has 3 aromatic rings. The van der Waals surface area contributed by atoms with Gasteiger partial charge in [0.1, 0.15) is 49.4 Å². The monoisotopic (exact) mass is 732 g/mol. The number of hydrogen-bond acceptors (Lipinski definition) is 11. The van der Waals surface area contributed by atoms with Crippen LogP contribution < -0.4 is 42.2 Å². The highest BCUT2D eigenvalue weighted by atomic mass is 32.1. The molecule has 52 heavy (non-hydrogen) atoms. The summed E-state index contributed by atoms with van der Waals surface area (Å²) >= 11 is 1.31. The molecule has 0 spiro atoms. The lowest BCUT2D eigenvalue weighted by Gasteiger charge is -2.30. The van der Waals surface area contributed by atoms with Gasteiger partial charge in [0.15, 0.2) is 0 Å². The molecule has 4 bridgehead atoms. The Hall–Kier alpha value is -5.50. The number of carbonyl (C=O) groups is 5. The molecule has 0 saturated heterocycles. The molecule has 276 valence electrons. The second-order valence-electron chi connectivity index (χ2n) is 12.2. The van der Waals surface area contributed by atoms with Crippen LogP contribution >= 0.6 is 11.3 Å². The van der Waals surface area contributed by atoms with Crippen LogP contribution in [0.4, 0.5) is 0 Å². The molecule has 2 aromatic carbocycles. The molecule has 4 rings (SSSR count). The van der Waals surface area contributed by atoms with E-state index in [0.717, 1.165) is 10.4 Å². The normalized spacial score (nSPS) is 17.1. The lowest BCUT2D eigenvalue weighted by Crippen LogP contribution is -2.55. The Morgan fingerprint density at radius 1 is 0.962 bits per heavy atom. The van der Waals surface area contributed by atoms with E-state index in [9.17, 15) is 24.0 Å². The first-order valence-electron chi connectivity index (χ1n) is 16.7. The van der Waals surface area contributed by atoms with Crippen molar-refractivity contribution in [1.82, 2.24) is 26.2 Å². The number of amides is 5. The zero-order chi connectivity index (χ0) is 37.9. The molecule has 0 fully saturated rings. The molecule has 2 heterocycles. The van der Waals surface area contributed by atoms with Crippen LogP contribution in [0.1, 0.15) is 44.2 Å². The number of thiophene rings is 1. The number of nitrogens with two attached hydrogens (primary N) is 2. The number of carbonyl (C=O) groups excluding carboxylic acids is 5. The van der Waals surface area contributed by atoms with Crippen molar-refractivity contribution < 1.29 is 33.4 Å². The fourth-order valence-electron chi connectivity index (χ4n) is 5.70. The van der Waals surface area contributed by atoms with Crippen LogP contribution in [0.5, 0.6) is 11.5 Å². The van der Waals surface area contributed by atoms with Gasteiger partial charge in [0.05, 0.1) is 17.5 Å². The molecule has 1 aliphatic rings. The van der Waals surface area contributed by atoms with Crippen molar-refractivity contribution in [2.24, 2.45) is 11.5 Å². The molecule has 3 atom stereocenters. The maximum absolute atomic E-state index is 14.1. The van der Waals surface area contributed by atoms with Crippen LogP contribution in [0, 0.1) is 25.2 Å². The predicted octanol–water partition coefficient (Wildman–Crippen LogP) is 0.822. The van der Waals surface area contributed by atoms with Crippen molar-refractivity contribution in [2.45, 2.75) is 45.3 Å². The highest BCUT2D eigenvalue weighted by Crippen LogP contribution is 2.40. The SMILES string of the molecule is Cc1cc(C)c(C(=O)NCC(=O)N(C)C2C(=O)N[C@@H](C)C(=O)NC(C(=O)NCC#N)Cc3ccc(OCCN)c(c3)-c3cc2ccc3OCCN)s1. The minimum absolute atomic E-state index is 0.0304. The van der Waals surface area contributed by atoms with E-state index >= 15 is 0 Å². The molecule has 2 unspecified atom stereocenters.